The second kappa shape index (κ2) is 11.1. The van der Waals surface area contributed by atoms with Gasteiger partial charge in [0, 0.05) is 35.9 Å². The normalized spacial score (nSPS) is 19.3. The van der Waals surface area contributed by atoms with Crippen LogP contribution in [0.3, 0.4) is 0 Å². The molecule has 0 saturated carbocycles. The number of ether oxygens (including phenoxy) is 1. The first-order valence-electron chi connectivity index (χ1n) is 12.4. The van der Waals surface area contributed by atoms with Gasteiger partial charge in [0.05, 0.1) is 12.6 Å². The highest BCUT2D eigenvalue weighted by molar-refractivity contribution is 5.85. The van der Waals surface area contributed by atoms with Crippen LogP contribution >= 0.6 is 0 Å². The number of fused-ring (bicyclic) bond motifs is 1. The van der Waals surface area contributed by atoms with Crippen LogP contribution in [0.25, 0.3) is 16.6 Å². The molecule has 2 aromatic heterocycles. The summed E-state index contributed by atoms with van der Waals surface area (Å²) in [6.45, 7) is 2.57. The van der Waals surface area contributed by atoms with Crippen molar-refractivity contribution in [3.63, 3.8) is 0 Å². The molecule has 4 aromatic rings. The Morgan fingerprint density at radius 2 is 2.00 bits per heavy atom. The number of halogens is 1. The second-order valence-corrected chi connectivity index (χ2v) is 9.39. The topological polar surface area (TPSA) is 79.8 Å². The fraction of sp³-hybridized carbons (Fsp3) is 0.407. The van der Waals surface area contributed by atoms with Crippen LogP contribution < -0.4 is 10.6 Å². The molecule has 1 saturated heterocycles. The van der Waals surface area contributed by atoms with Gasteiger partial charge in [-0.3, -0.25) is 4.57 Å². The van der Waals surface area contributed by atoms with Crippen molar-refractivity contribution < 1.29 is 9.13 Å². The minimum Gasteiger partial charge on any atom is -0.383 e. The monoisotopic (exact) mass is 476 g/mol. The van der Waals surface area contributed by atoms with E-state index in [4.69, 9.17) is 4.74 Å². The van der Waals surface area contributed by atoms with Crippen LogP contribution in [0.5, 0.6) is 0 Å². The summed E-state index contributed by atoms with van der Waals surface area (Å²) in [7, 11) is 1.72. The first kappa shape index (κ1) is 23.7. The molecule has 0 amide bonds. The van der Waals surface area contributed by atoms with Crippen molar-refractivity contribution in [1.82, 2.24) is 30.4 Å². The summed E-state index contributed by atoms with van der Waals surface area (Å²) < 4.78 is 20.9. The molecule has 0 aliphatic carbocycles. The molecule has 3 heterocycles. The zero-order valence-electron chi connectivity index (χ0n) is 20.1. The standard InChI is InChI=1S/C27H33FN6O/c1-35-16-27(19-5-7-22(28)8-6-19)33-25-11-12-29-14-21(25)4-2-3-20-15-30-26-10-9-23(13-24(20)26)34-17-31-32-18-34/h5-10,13,15,17-18,21,25,27,29-30,33H,2-4,11-12,14,16H2,1H3/t21?,25-,27?/m1/s1. The van der Waals surface area contributed by atoms with Crippen LogP contribution in [0.4, 0.5) is 4.39 Å². The summed E-state index contributed by atoms with van der Waals surface area (Å²) in [5.41, 5.74) is 4.62. The summed E-state index contributed by atoms with van der Waals surface area (Å²) >= 11 is 0. The van der Waals surface area contributed by atoms with Gasteiger partial charge in [-0.05, 0) is 86.1 Å². The molecule has 8 heteroatoms. The molecule has 3 N–H and O–H groups in total. The Morgan fingerprint density at radius 1 is 1.17 bits per heavy atom. The van der Waals surface area contributed by atoms with Crippen LogP contribution in [-0.4, -0.2) is 52.6 Å². The van der Waals surface area contributed by atoms with Crippen molar-refractivity contribution in [2.45, 2.75) is 37.8 Å². The van der Waals surface area contributed by atoms with Gasteiger partial charge in [-0.2, -0.15) is 0 Å². The minimum absolute atomic E-state index is 0.0518. The molecule has 184 valence electrons. The maximum absolute atomic E-state index is 13.4. The van der Waals surface area contributed by atoms with E-state index in [1.54, 1.807) is 19.8 Å². The molecule has 1 fully saturated rings. The number of hydrogen-bond acceptors (Lipinski definition) is 5. The van der Waals surface area contributed by atoms with Crippen molar-refractivity contribution in [1.29, 1.82) is 0 Å². The number of aromatic amines is 1. The Balaban J connectivity index is 1.23. The molecule has 5 rings (SSSR count). The van der Waals surface area contributed by atoms with Crippen LogP contribution in [0.2, 0.25) is 0 Å². The quantitative estimate of drug-likeness (QED) is 0.320. The highest BCUT2D eigenvalue weighted by atomic mass is 19.1. The van der Waals surface area contributed by atoms with Gasteiger partial charge < -0.3 is 20.4 Å². The first-order chi connectivity index (χ1) is 17.2. The number of H-pyrrole nitrogens is 1. The second-order valence-electron chi connectivity index (χ2n) is 9.39. The van der Waals surface area contributed by atoms with Gasteiger partial charge in [-0.15, -0.1) is 10.2 Å². The number of methoxy groups -OCH3 is 1. The van der Waals surface area contributed by atoms with Gasteiger partial charge in [-0.1, -0.05) is 12.1 Å². The van der Waals surface area contributed by atoms with Crippen LogP contribution in [0, 0.1) is 11.7 Å². The van der Waals surface area contributed by atoms with Gasteiger partial charge in [0.2, 0.25) is 0 Å². The van der Waals surface area contributed by atoms with Gasteiger partial charge >= 0.3 is 0 Å². The summed E-state index contributed by atoms with van der Waals surface area (Å²) in [4.78, 5) is 3.41. The van der Waals surface area contributed by atoms with Crippen LogP contribution in [0.15, 0.2) is 61.3 Å². The molecule has 7 nitrogen and oxygen atoms in total. The summed E-state index contributed by atoms with van der Waals surface area (Å²) in [6.07, 6.45) is 9.92. The fourth-order valence-corrected chi connectivity index (χ4v) is 5.23. The SMILES string of the molecule is COCC(N[C@@H]1CCNCC1CCCc1c[nH]c2ccc(-n3cnnc3)cc12)c1ccc(F)cc1. The van der Waals surface area contributed by atoms with Crippen molar-refractivity contribution in [3.05, 3.63) is 78.3 Å². The van der Waals surface area contributed by atoms with Gasteiger partial charge in [-0.25, -0.2) is 4.39 Å². The maximum atomic E-state index is 13.4. The average Bonchev–Trinajstić information content (AvgIpc) is 3.56. The third-order valence-corrected chi connectivity index (χ3v) is 7.12. The molecule has 3 atom stereocenters. The molecule has 2 unspecified atom stereocenters. The highest BCUT2D eigenvalue weighted by Crippen LogP contribution is 2.26. The number of nitrogens with zero attached hydrogens (tertiary/aromatic N) is 3. The van der Waals surface area contributed by atoms with Gasteiger partial charge in [0.15, 0.2) is 0 Å². The predicted octanol–water partition coefficient (Wildman–Crippen LogP) is 4.17. The molecule has 0 radical (unpaired) electrons. The minimum atomic E-state index is -0.212. The van der Waals surface area contributed by atoms with Crippen LogP contribution in [-0.2, 0) is 11.2 Å². The number of nitrogens with one attached hydrogen (secondary N) is 3. The highest BCUT2D eigenvalue weighted by Gasteiger charge is 2.27. The van der Waals surface area contributed by atoms with E-state index in [9.17, 15) is 4.39 Å². The van der Waals surface area contributed by atoms with Gasteiger partial charge in [0.25, 0.3) is 0 Å². The van der Waals surface area contributed by atoms with E-state index in [-0.39, 0.29) is 11.9 Å². The van der Waals surface area contributed by atoms with E-state index in [1.807, 2.05) is 16.7 Å². The zero-order chi connectivity index (χ0) is 24.0. The number of benzene rings is 2. The molecule has 1 aliphatic heterocycles. The van der Waals surface area contributed by atoms with E-state index >= 15 is 0 Å². The van der Waals surface area contributed by atoms with Gasteiger partial charge in [0.1, 0.15) is 18.5 Å². The van der Waals surface area contributed by atoms with E-state index in [0.29, 0.717) is 18.6 Å². The molecule has 1 aliphatic rings. The number of rotatable bonds is 10. The lowest BCUT2D eigenvalue weighted by Gasteiger charge is -2.36. The third kappa shape index (κ3) is 5.61. The van der Waals surface area contributed by atoms with E-state index in [1.165, 1.54) is 23.1 Å². The van der Waals surface area contributed by atoms with Crippen LogP contribution in [0.1, 0.15) is 36.4 Å². The Labute approximate surface area is 205 Å². The van der Waals surface area contributed by atoms with Crippen molar-refractivity contribution in [2.24, 2.45) is 5.92 Å². The predicted molar refractivity (Wildman–Crippen MR) is 135 cm³/mol. The molecule has 0 bridgehead atoms. The lowest BCUT2D eigenvalue weighted by Crippen LogP contribution is -2.49. The van der Waals surface area contributed by atoms with Crippen molar-refractivity contribution in [3.8, 4) is 5.69 Å². The van der Waals surface area contributed by atoms with E-state index < -0.39 is 0 Å². The Hall–Kier alpha value is -3.07. The summed E-state index contributed by atoms with van der Waals surface area (Å²) in [5, 5.41) is 16.5. The fourth-order valence-electron chi connectivity index (χ4n) is 5.23. The summed E-state index contributed by atoms with van der Waals surface area (Å²) in [6, 6.07) is 13.6. The lowest BCUT2D eigenvalue weighted by molar-refractivity contribution is 0.145. The zero-order valence-corrected chi connectivity index (χ0v) is 20.1. The summed E-state index contributed by atoms with van der Waals surface area (Å²) in [5.74, 6) is 0.317. The Kier molecular flexibility index (Phi) is 7.51. The molecule has 0 spiro atoms. The third-order valence-electron chi connectivity index (χ3n) is 7.12. The Morgan fingerprint density at radius 3 is 2.80 bits per heavy atom. The average molecular weight is 477 g/mol. The molecular weight excluding hydrogens is 443 g/mol. The van der Waals surface area contributed by atoms with Crippen molar-refractivity contribution in [2.75, 3.05) is 26.8 Å². The smallest absolute Gasteiger partial charge is 0.123 e. The number of aryl methyl sites for hydroxylation is 1. The number of hydrogen-bond donors (Lipinski definition) is 3. The number of aromatic nitrogens is 4. The van der Waals surface area contributed by atoms with E-state index in [2.05, 4.69) is 50.2 Å². The number of piperidine rings is 1. The Bertz CT molecular complexity index is 1210. The maximum Gasteiger partial charge on any atom is 0.123 e. The van der Waals surface area contributed by atoms with Crippen molar-refractivity contribution >= 4 is 10.9 Å². The first-order valence-corrected chi connectivity index (χ1v) is 12.4. The lowest BCUT2D eigenvalue weighted by atomic mass is 9.87. The molecule has 35 heavy (non-hydrogen) atoms. The largest absolute Gasteiger partial charge is 0.383 e. The molecule has 2 aromatic carbocycles. The molecular formula is C27H33FN6O. The van der Waals surface area contributed by atoms with E-state index in [0.717, 1.165) is 55.5 Å².